The molecule has 1 amide bonds. The Balaban J connectivity index is 2.41. The lowest BCUT2D eigenvalue weighted by Crippen LogP contribution is -2.36. The zero-order valence-electron chi connectivity index (χ0n) is 11.8. The molecule has 0 aliphatic rings. The van der Waals surface area contributed by atoms with Gasteiger partial charge in [-0.3, -0.25) is 14.5 Å². The maximum atomic E-state index is 12.7. The first-order chi connectivity index (χ1) is 10.1. The summed E-state index contributed by atoms with van der Waals surface area (Å²) in [7, 11) is 0. The summed E-state index contributed by atoms with van der Waals surface area (Å²) in [6.07, 6.45) is 0.720. The SMILES string of the molecule is CCc1ccccc1C(=O)N(CC(=O)O)c1ccccc1. The zero-order chi connectivity index (χ0) is 15.2. The molecule has 0 bridgehead atoms. The number of carboxylic acids is 1. The standard InChI is InChI=1S/C17H17NO3/c1-2-13-8-6-7-11-15(13)17(21)18(12-16(19)20)14-9-4-3-5-10-14/h3-11H,2,12H2,1H3,(H,19,20). The highest BCUT2D eigenvalue weighted by Crippen LogP contribution is 2.19. The summed E-state index contributed by atoms with van der Waals surface area (Å²) in [5.74, 6) is -1.33. The molecule has 0 spiro atoms. The Kier molecular flexibility index (Phi) is 4.72. The third-order valence-corrected chi connectivity index (χ3v) is 3.24. The van der Waals surface area contributed by atoms with Crippen LogP contribution in [0.3, 0.4) is 0 Å². The van der Waals surface area contributed by atoms with Crippen molar-refractivity contribution >= 4 is 17.6 Å². The highest BCUT2D eigenvalue weighted by molar-refractivity contribution is 6.09. The fourth-order valence-corrected chi connectivity index (χ4v) is 2.21. The van der Waals surface area contributed by atoms with Gasteiger partial charge in [-0.2, -0.15) is 0 Å². The molecule has 1 N–H and O–H groups in total. The number of amides is 1. The van der Waals surface area contributed by atoms with E-state index in [1.807, 2.05) is 25.1 Å². The van der Waals surface area contributed by atoms with Gasteiger partial charge in [0.15, 0.2) is 0 Å². The molecule has 2 rings (SSSR count). The summed E-state index contributed by atoms with van der Waals surface area (Å²) < 4.78 is 0. The second-order valence-corrected chi connectivity index (χ2v) is 4.63. The summed E-state index contributed by atoms with van der Waals surface area (Å²) in [5.41, 5.74) is 2.04. The van der Waals surface area contributed by atoms with Crippen molar-refractivity contribution < 1.29 is 14.7 Å². The molecule has 2 aromatic carbocycles. The van der Waals surface area contributed by atoms with Gasteiger partial charge in [0.2, 0.25) is 0 Å². The number of carbonyl (C=O) groups is 2. The molecule has 0 aromatic heterocycles. The monoisotopic (exact) mass is 283 g/mol. The van der Waals surface area contributed by atoms with E-state index < -0.39 is 5.97 Å². The average Bonchev–Trinajstić information content (AvgIpc) is 2.52. The number of hydrogen-bond acceptors (Lipinski definition) is 2. The molecule has 0 saturated heterocycles. The minimum Gasteiger partial charge on any atom is -0.480 e. The Labute approximate surface area is 123 Å². The smallest absolute Gasteiger partial charge is 0.323 e. The number of hydrogen-bond donors (Lipinski definition) is 1. The number of para-hydroxylation sites is 1. The highest BCUT2D eigenvalue weighted by Gasteiger charge is 2.21. The summed E-state index contributed by atoms with van der Waals surface area (Å²) >= 11 is 0. The first-order valence-electron chi connectivity index (χ1n) is 6.80. The molecule has 0 saturated carbocycles. The maximum absolute atomic E-state index is 12.7. The van der Waals surface area contributed by atoms with Gasteiger partial charge >= 0.3 is 5.97 Å². The van der Waals surface area contributed by atoms with Gasteiger partial charge in [-0.05, 0) is 30.2 Å². The highest BCUT2D eigenvalue weighted by atomic mass is 16.4. The Morgan fingerprint density at radius 2 is 1.62 bits per heavy atom. The normalized spacial score (nSPS) is 10.1. The summed E-state index contributed by atoms with van der Waals surface area (Å²) in [6, 6.07) is 16.1. The fourth-order valence-electron chi connectivity index (χ4n) is 2.21. The van der Waals surface area contributed by atoms with E-state index in [0.29, 0.717) is 11.3 Å². The largest absolute Gasteiger partial charge is 0.480 e. The van der Waals surface area contributed by atoms with Gasteiger partial charge < -0.3 is 5.11 Å². The quantitative estimate of drug-likeness (QED) is 0.917. The van der Waals surface area contributed by atoms with Crippen LogP contribution in [0.5, 0.6) is 0 Å². The van der Waals surface area contributed by atoms with Gasteiger partial charge in [0, 0.05) is 11.3 Å². The molecular formula is C17H17NO3. The Hall–Kier alpha value is -2.62. The van der Waals surface area contributed by atoms with E-state index in [1.54, 1.807) is 36.4 Å². The number of anilines is 1. The molecule has 0 radical (unpaired) electrons. The summed E-state index contributed by atoms with van der Waals surface area (Å²) in [6.45, 7) is 1.61. The first kappa shape index (κ1) is 14.8. The van der Waals surface area contributed by atoms with Crippen LogP contribution in [0.4, 0.5) is 5.69 Å². The van der Waals surface area contributed by atoms with Crippen LogP contribution in [-0.4, -0.2) is 23.5 Å². The average molecular weight is 283 g/mol. The molecule has 0 unspecified atom stereocenters. The van der Waals surface area contributed by atoms with Crippen molar-refractivity contribution in [2.24, 2.45) is 0 Å². The lowest BCUT2D eigenvalue weighted by atomic mass is 10.0. The van der Waals surface area contributed by atoms with Crippen molar-refractivity contribution in [3.8, 4) is 0 Å². The van der Waals surface area contributed by atoms with Crippen LogP contribution in [0.2, 0.25) is 0 Å². The van der Waals surface area contributed by atoms with E-state index in [9.17, 15) is 9.59 Å². The maximum Gasteiger partial charge on any atom is 0.323 e. The fraction of sp³-hybridized carbons (Fsp3) is 0.176. The van der Waals surface area contributed by atoms with Crippen LogP contribution in [-0.2, 0) is 11.2 Å². The first-order valence-corrected chi connectivity index (χ1v) is 6.80. The van der Waals surface area contributed by atoms with E-state index in [1.165, 1.54) is 4.90 Å². The van der Waals surface area contributed by atoms with Gasteiger partial charge in [0.1, 0.15) is 6.54 Å². The number of benzene rings is 2. The number of carbonyl (C=O) groups excluding carboxylic acids is 1. The van der Waals surface area contributed by atoms with Crippen molar-refractivity contribution in [3.63, 3.8) is 0 Å². The molecule has 108 valence electrons. The van der Waals surface area contributed by atoms with Crippen molar-refractivity contribution in [2.75, 3.05) is 11.4 Å². The number of nitrogens with zero attached hydrogens (tertiary/aromatic N) is 1. The van der Waals surface area contributed by atoms with E-state index in [0.717, 1.165) is 12.0 Å². The van der Waals surface area contributed by atoms with Crippen molar-refractivity contribution in [1.29, 1.82) is 0 Å². The number of aryl methyl sites for hydroxylation is 1. The van der Waals surface area contributed by atoms with Crippen LogP contribution < -0.4 is 4.90 Å². The van der Waals surface area contributed by atoms with Gasteiger partial charge in [0.25, 0.3) is 5.91 Å². The van der Waals surface area contributed by atoms with Crippen molar-refractivity contribution in [2.45, 2.75) is 13.3 Å². The predicted octanol–water partition coefficient (Wildman–Crippen LogP) is 2.98. The van der Waals surface area contributed by atoms with E-state index in [-0.39, 0.29) is 12.5 Å². The van der Waals surface area contributed by atoms with Gasteiger partial charge in [0.05, 0.1) is 0 Å². The molecule has 0 fully saturated rings. The van der Waals surface area contributed by atoms with Crippen LogP contribution in [0.1, 0.15) is 22.8 Å². The topological polar surface area (TPSA) is 57.6 Å². The van der Waals surface area contributed by atoms with E-state index in [4.69, 9.17) is 5.11 Å². The third-order valence-electron chi connectivity index (χ3n) is 3.24. The van der Waals surface area contributed by atoms with Crippen molar-refractivity contribution in [3.05, 3.63) is 65.7 Å². The van der Waals surface area contributed by atoms with E-state index in [2.05, 4.69) is 0 Å². The number of rotatable bonds is 5. The number of carboxylic acid groups (broad SMARTS) is 1. The molecule has 21 heavy (non-hydrogen) atoms. The molecule has 0 heterocycles. The lowest BCUT2D eigenvalue weighted by Gasteiger charge is -2.22. The van der Waals surface area contributed by atoms with Crippen molar-refractivity contribution in [1.82, 2.24) is 0 Å². The van der Waals surface area contributed by atoms with Crippen LogP contribution in [0, 0.1) is 0 Å². The zero-order valence-corrected chi connectivity index (χ0v) is 11.8. The van der Waals surface area contributed by atoms with Crippen LogP contribution in [0.25, 0.3) is 0 Å². The molecule has 2 aromatic rings. The van der Waals surface area contributed by atoms with E-state index >= 15 is 0 Å². The van der Waals surface area contributed by atoms with Crippen LogP contribution in [0.15, 0.2) is 54.6 Å². The molecule has 0 aliphatic carbocycles. The lowest BCUT2D eigenvalue weighted by molar-refractivity contribution is -0.135. The Morgan fingerprint density at radius 1 is 1.00 bits per heavy atom. The minimum atomic E-state index is -1.04. The number of aliphatic carboxylic acids is 1. The summed E-state index contributed by atoms with van der Waals surface area (Å²) in [4.78, 5) is 25.1. The molecule has 0 aliphatic heterocycles. The molecular weight excluding hydrogens is 266 g/mol. The molecule has 4 heteroatoms. The van der Waals surface area contributed by atoms with Gasteiger partial charge in [-0.15, -0.1) is 0 Å². The predicted molar refractivity (Wildman–Crippen MR) is 81.6 cm³/mol. The summed E-state index contributed by atoms with van der Waals surface area (Å²) in [5, 5.41) is 9.07. The Bertz CT molecular complexity index is 637. The second-order valence-electron chi connectivity index (χ2n) is 4.63. The third kappa shape index (κ3) is 3.48. The Morgan fingerprint density at radius 3 is 2.24 bits per heavy atom. The van der Waals surface area contributed by atoms with Gasteiger partial charge in [-0.1, -0.05) is 43.3 Å². The molecule has 4 nitrogen and oxygen atoms in total. The second kappa shape index (κ2) is 6.70. The minimum absolute atomic E-state index is 0.291. The molecule has 0 atom stereocenters. The van der Waals surface area contributed by atoms with Crippen LogP contribution >= 0.6 is 0 Å². The van der Waals surface area contributed by atoms with Gasteiger partial charge in [-0.25, -0.2) is 0 Å².